The van der Waals surface area contributed by atoms with Gasteiger partial charge in [0.25, 0.3) is 0 Å². The first-order chi connectivity index (χ1) is 8.32. The van der Waals surface area contributed by atoms with E-state index in [1.807, 2.05) is 19.9 Å². The van der Waals surface area contributed by atoms with Crippen molar-refractivity contribution in [1.82, 2.24) is 14.9 Å². The molecule has 1 fully saturated rings. The Labute approximate surface area is 103 Å². The van der Waals surface area contributed by atoms with Gasteiger partial charge in [-0.05, 0) is 19.9 Å². The summed E-state index contributed by atoms with van der Waals surface area (Å²) in [6.07, 6.45) is -4.41. The van der Waals surface area contributed by atoms with Crippen LogP contribution in [0.2, 0.25) is 0 Å². The highest BCUT2D eigenvalue weighted by Gasteiger charge is 2.38. The predicted molar refractivity (Wildman–Crippen MR) is 58.4 cm³/mol. The van der Waals surface area contributed by atoms with Gasteiger partial charge in [-0.2, -0.15) is 13.2 Å². The molecule has 0 saturated carbocycles. The van der Waals surface area contributed by atoms with Crippen molar-refractivity contribution in [3.8, 4) is 6.01 Å². The third kappa shape index (κ3) is 3.56. The molecule has 0 aromatic carbocycles. The van der Waals surface area contributed by atoms with Gasteiger partial charge in [0.1, 0.15) is 6.10 Å². The Bertz CT molecular complexity index is 410. The minimum atomic E-state index is -4.15. The summed E-state index contributed by atoms with van der Waals surface area (Å²) in [6, 6.07) is 2.05. The Hall–Kier alpha value is -1.37. The van der Waals surface area contributed by atoms with E-state index in [4.69, 9.17) is 4.74 Å². The molecule has 0 spiro atoms. The summed E-state index contributed by atoms with van der Waals surface area (Å²) >= 11 is 0. The molecule has 4 nitrogen and oxygen atoms in total. The third-order valence-corrected chi connectivity index (χ3v) is 2.56. The number of alkyl halides is 3. The molecule has 7 heteroatoms. The highest BCUT2D eigenvalue weighted by molar-refractivity contribution is 5.11. The Balaban J connectivity index is 1.83. The predicted octanol–water partition coefficient (Wildman–Crippen LogP) is 1.72. The van der Waals surface area contributed by atoms with Crippen LogP contribution in [0.3, 0.4) is 0 Å². The summed E-state index contributed by atoms with van der Waals surface area (Å²) in [5.74, 6) is 0. The van der Waals surface area contributed by atoms with Crippen molar-refractivity contribution in [1.29, 1.82) is 0 Å². The van der Waals surface area contributed by atoms with Crippen LogP contribution in [0.5, 0.6) is 6.01 Å². The average molecular weight is 261 g/mol. The highest BCUT2D eigenvalue weighted by atomic mass is 19.4. The summed E-state index contributed by atoms with van der Waals surface area (Å²) in [5.41, 5.74) is 1.56. The Morgan fingerprint density at radius 1 is 1.28 bits per heavy atom. The fraction of sp³-hybridized carbons (Fsp3) is 0.636. The Morgan fingerprint density at radius 3 is 2.33 bits per heavy atom. The lowest BCUT2D eigenvalue weighted by Gasteiger charge is -2.38. The van der Waals surface area contributed by atoms with E-state index in [0.29, 0.717) is 0 Å². The third-order valence-electron chi connectivity index (χ3n) is 2.56. The quantitative estimate of drug-likeness (QED) is 0.830. The Kier molecular flexibility index (Phi) is 3.43. The number of nitrogens with zero attached hydrogens (tertiary/aromatic N) is 3. The minimum absolute atomic E-state index is 0.240. The second-order valence-electron chi connectivity index (χ2n) is 4.48. The van der Waals surface area contributed by atoms with E-state index in [1.165, 1.54) is 4.90 Å². The molecular weight excluding hydrogens is 247 g/mol. The molecular formula is C11H14F3N3O. The van der Waals surface area contributed by atoms with Crippen LogP contribution in [0, 0.1) is 13.8 Å². The molecule has 18 heavy (non-hydrogen) atoms. The van der Waals surface area contributed by atoms with E-state index in [9.17, 15) is 13.2 Å². The van der Waals surface area contributed by atoms with E-state index in [1.54, 1.807) is 0 Å². The molecule has 1 saturated heterocycles. The lowest BCUT2D eigenvalue weighted by atomic mass is 10.2. The van der Waals surface area contributed by atoms with Crippen molar-refractivity contribution in [3.63, 3.8) is 0 Å². The van der Waals surface area contributed by atoms with Crippen LogP contribution >= 0.6 is 0 Å². The van der Waals surface area contributed by atoms with Crippen LogP contribution < -0.4 is 4.74 Å². The molecule has 0 atom stereocenters. The molecule has 0 bridgehead atoms. The summed E-state index contributed by atoms with van der Waals surface area (Å²) in [7, 11) is 0. The molecule has 0 amide bonds. The van der Waals surface area contributed by atoms with Gasteiger partial charge in [-0.15, -0.1) is 0 Å². The molecule has 1 aliphatic heterocycles. The van der Waals surface area contributed by atoms with Gasteiger partial charge in [-0.3, -0.25) is 4.90 Å². The second kappa shape index (κ2) is 4.72. The first-order valence-corrected chi connectivity index (χ1v) is 5.60. The molecule has 2 heterocycles. The molecule has 0 N–H and O–H groups in total. The number of rotatable bonds is 3. The molecule has 100 valence electrons. The maximum atomic E-state index is 12.1. The van der Waals surface area contributed by atoms with Crippen LogP contribution in [0.1, 0.15) is 11.4 Å². The Morgan fingerprint density at radius 2 is 1.83 bits per heavy atom. The molecule has 1 aromatic heterocycles. The monoisotopic (exact) mass is 261 g/mol. The summed E-state index contributed by atoms with van der Waals surface area (Å²) < 4.78 is 41.7. The van der Waals surface area contributed by atoms with E-state index < -0.39 is 12.7 Å². The van der Waals surface area contributed by atoms with Crippen LogP contribution in [0.15, 0.2) is 6.07 Å². The lowest BCUT2D eigenvalue weighted by Crippen LogP contribution is -2.56. The number of aromatic nitrogens is 2. The van der Waals surface area contributed by atoms with Crippen LogP contribution in [0.25, 0.3) is 0 Å². The molecule has 0 aliphatic carbocycles. The zero-order valence-corrected chi connectivity index (χ0v) is 10.2. The normalized spacial score (nSPS) is 17.6. The summed E-state index contributed by atoms with van der Waals surface area (Å²) in [6.45, 7) is 3.27. The van der Waals surface area contributed by atoms with Gasteiger partial charge in [0, 0.05) is 24.5 Å². The smallest absolute Gasteiger partial charge is 0.401 e. The highest BCUT2D eigenvalue weighted by Crippen LogP contribution is 2.22. The second-order valence-corrected chi connectivity index (χ2v) is 4.48. The maximum Gasteiger partial charge on any atom is 0.401 e. The molecule has 0 radical (unpaired) electrons. The van der Waals surface area contributed by atoms with Crippen LogP contribution in [-0.4, -0.2) is 46.8 Å². The van der Waals surface area contributed by atoms with Gasteiger partial charge in [0.2, 0.25) is 0 Å². The summed E-state index contributed by atoms with van der Waals surface area (Å²) in [4.78, 5) is 9.45. The largest absolute Gasteiger partial charge is 0.457 e. The number of halogens is 3. The zero-order chi connectivity index (χ0) is 13.3. The first-order valence-electron chi connectivity index (χ1n) is 5.60. The number of likely N-dealkylation sites (tertiary alicyclic amines) is 1. The van der Waals surface area contributed by atoms with Crippen molar-refractivity contribution in [2.75, 3.05) is 19.6 Å². The number of ether oxygens (including phenoxy) is 1. The average Bonchev–Trinajstić information content (AvgIpc) is 2.10. The van der Waals surface area contributed by atoms with E-state index in [0.717, 1.165) is 11.4 Å². The lowest BCUT2D eigenvalue weighted by molar-refractivity contribution is -0.163. The van der Waals surface area contributed by atoms with Crippen molar-refractivity contribution >= 4 is 0 Å². The maximum absolute atomic E-state index is 12.1. The molecule has 1 aliphatic rings. The SMILES string of the molecule is Cc1cc(C)nc(OC2CN(CC(F)(F)F)C2)n1. The molecule has 2 rings (SSSR count). The molecule has 1 aromatic rings. The van der Waals surface area contributed by atoms with Gasteiger partial charge in [-0.25, -0.2) is 9.97 Å². The fourth-order valence-corrected chi connectivity index (χ4v) is 1.88. The minimum Gasteiger partial charge on any atom is -0.457 e. The van der Waals surface area contributed by atoms with Crippen molar-refractivity contribution < 1.29 is 17.9 Å². The summed E-state index contributed by atoms with van der Waals surface area (Å²) in [5, 5.41) is 0. The van der Waals surface area contributed by atoms with Crippen LogP contribution in [0.4, 0.5) is 13.2 Å². The first kappa shape index (κ1) is 13.1. The van der Waals surface area contributed by atoms with E-state index >= 15 is 0 Å². The van der Waals surface area contributed by atoms with Crippen molar-refractivity contribution in [2.45, 2.75) is 26.1 Å². The van der Waals surface area contributed by atoms with Gasteiger partial charge >= 0.3 is 12.2 Å². The van der Waals surface area contributed by atoms with Crippen molar-refractivity contribution in [3.05, 3.63) is 17.5 Å². The number of hydrogen-bond acceptors (Lipinski definition) is 4. The van der Waals surface area contributed by atoms with Gasteiger partial charge < -0.3 is 4.74 Å². The zero-order valence-electron chi connectivity index (χ0n) is 10.2. The van der Waals surface area contributed by atoms with E-state index in [-0.39, 0.29) is 25.2 Å². The molecule has 0 unspecified atom stereocenters. The van der Waals surface area contributed by atoms with Gasteiger partial charge in [-0.1, -0.05) is 0 Å². The van der Waals surface area contributed by atoms with Crippen LogP contribution in [-0.2, 0) is 0 Å². The standard InChI is InChI=1S/C11H14F3N3O/c1-7-3-8(2)16-10(15-7)18-9-4-17(5-9)6-11(12,13)14/h3,9H,4-6H2,1-2H3. The fourth-order valence-electron chi connectivity index (χ4n) is 1.88. The van der Waals surface area contributed by atoms with E-state index in [2.05, 4.69) is 9.97 Å². The van der Waals surface area contributed by atoms with Gasteiger partial charge in [0.15, 0.2) is 0 Å². The van der Waals surface area contributed by atoms with Gasteiger partial charge in [0.05, 0.1) is 6.54 Å². The number of aryl methyl sites for hydroxylation is 2. The van der Waals surface area contributed by atoms with Crippen molar-refractivity contribution in [2.24, 2.45) is 0 Å². The number of hydrogen-bond donors (Lipinski definition) is 0. The topological polar surface area (TPSA) is 38.2 Å².